The number of rotatable bonds is 3. The molecule has 1 aromatic heterocycles. The zero-order chi connectivity index (χ0) is 13.1. The average molecular weight is 390 g/mol. The summed E-state index contributed by atoms with van der Waals surface area (Å²) in [5, 5.41) is 3.90. The fourth-order valence-electron chi connectivity index (χ4n) is 1.42. The van der Waals surface area contributed by atoms with Crippen LogP contribution >= 0.6 is 46.4 Å². The molecule has 0 aliphatic rings. The lowest BCUT2D eigenvalue weighted by Gasteiger charge is -2.11. The van der Waals surface area contributed by atoms with Crippen LogP contribution in [-0.4, -0.2) is 9.97 Å². The van der Waals surface area contributed by atoms with Crippen LogP contribution in [0.4, 0.5) is 11.5 Å². The molecule has 3 N–H and O–H groups in total. The minimum atomic E-state index is 0.314. The van der Waals surface area contributed by atoms with Gasteiger partial charge in [-0.1, -0.05) is 23.8 Å². The Balaban J connectivity index is 2.37. The molecule has 0 fully saturated rings. The SMILES string of the molecule is NC(=S)c1cccnc1Nc1ccc(Cl)cc1I. The Morgan fingerprint density at radius 3 is 2.83 bits per heavy atom. The molecule has 2 rings (SSSR count). The monoisotopic (exact) mass is 389 g/mol. The van der Waals surface area contributed by atoms with E-state index in [9.17, 15) is 0 Å². The number of hydrogen-bond acceptors (Lipinski definition) is 3. The van der Waals surface area contributed by atoms with Gasteiger partial charge in [0.15, 0.2) is 0 Å². The van der Waals surface area contributed by atoms with Gasteiger partial charge in [0.05, 0.1) is 11.3 Å². The van der Waals surface area contributed by atoms with Crippen molar-refractivity contribution in [1.82, 2.24) is 4.98 Å². The highest BCUT2D eigenvalue weighted by atomic mass is 127. The topological polar surface area (TPSA) is 50.9 Å². The van der Waals surface area contributed by atoms with Crippen LogP contribution in [-0.2, 0) is 0 Å². The molecule has 0 saturated heterocycles. The third-order valence-electron chi connectivity index (χ3n) is 2.26. The number of aromatic nitrogens is 1. The summed E-state index contributed by atoms with van der Waals surface area (Å²) < 4.78 is 1.000. The first-order chi connectivity index (χ1) is 8.58. The van der Waals surface area contributed by atoms with Crippen molar-refractivity contribution in [2.75, 3.05) is 5.32 Å². The van der Waals surface area contributed by atoms with Crippen molar-refractivity contribution in [1.29, 1.82) is 0 Å². The van der Waals surface area contributed by atoms with Crippen LogP contribution < -0.4 is 11.1 Å². The molecule has 0 aliphatic carbocycles. The first kappa shape index (κ1) is 13.5. The Bertz CT molecular complexity index is 604. The number of nitrogens with zero attached hydrogens (tertiary/aromatic N) is 1. The Labute approximate surface area is 129 Å². The van der Waals surface area contributed by atoms with Gasteiger partial charge in [0.2, 0.25) is 0 Å². The summed E-state index contributed by atoms with van der Waals surface area (Å²) >= 11 is 13.1. The maximum Gasteiger partial charge on any atom is 0.140 e. The zero-order valence-electron chi connectivity index (χ0n) is 9.15. The predicted octanol–water partition coefficient (Wildman–Crippen LogP) is 3.72. The zero-order valence-corrected chi connectivity index (χ0v) is 12.9. The highest BCUT2D eigenvalue weighted by molar-refractivity contribution is 14.1. The van der Waals surface area contributed by atoms with E-state index >= 15 is 0 Å². The lowest BCUT2D eigenvalue weighted by Crippen LogP contribution is -2.13. The van der Waals surface area contributed by atoms with Gasteiger partial charge in [0.25, 0.3) is 0 Å². The van der Waals surface area contributed by atoms with Gasteiger partial charge >= 0.3 is 0 Å². The fraction of sp³-hybridized carbons (Fsp3) is 0. The van der Waals surface area contributed by atoms with Gasteiger partial charge in [0, 0.05) is 14.8 Å². The largest absolute Gasteiger partial charge is 0.389 e. The molecule has 6 heteroatoms. The molecule has 18 heavy (non-hydrogen) atoms. The van der Waals surface area contributed by atoms with Crippen LogP contribution in [0.25, 0.3) is 0 Å². The first-order valence-corrected chi connectivity index (χ1v) is 6.91. The summed E-state index contributed by atoms with van der Waals surface area (Å²) in [6.45, 7) is 0. The van der Waals surface area contributed by atoms with Crippen molar-refractivity contribution in [2.24, 2.45) is 5.73 Å². The van der Waals surface area contributed by atoms with Crippen LogP contribution in [0.5, 0.6) is 0 Å². The number of halogens is 2. The third kappa shape index (κ3) is 3.09. The molecule has 1 aromatic carbocycles. The molecule has 0 aliphatic heterocycles. The molecule has 0 atom stereocenters. The molecular weight excluding hydrogens is 381 g/mol. The minimum Gasteiger partial charge on any atom is -0.389 e. The standard InChI is InChI=1S/C12H9ClIN3S/c13-7-3-4-10(9(14)6-7)17-12-8(11(15)18)2-1-5-16-12/h1-6H,(H2,15,18)(H,16,17). The molecule has 0 saturated carbocycles. The van der Waals surface area contributed by atoms with E-state index in [-0.39, 0.29) is 0 Å². The third-order valence-corrected chi connectivity index (χ3v) is 3.60. The Morgan fingerprint density at radius 1 is 1.39 bits per heavy atom. The summed E-state index contributed by atoms with van der Waals surface area (Å²) in [5.74, 6) is 0.644. The van der Waals surface area contributed by atoms with Crippen molar-refractivity contribution >= 4 is 62.9 Å². The number of nitrogens with one attached hydrogen (secondary N) is 1. The van der Waals surface area contributed by atoms with E-state index in [4.69, 9.17) is 29.6 Å². The molecule has 1 heterocycles. The highest BCUT2D eigenvalue weighted by Gasteiger charge is 2.08. The maximum absolute atomic E-state index is 5.91. The predicted molar refractivity (Wildman–Crippen MR) is 87.6 cm³/mol. The van der Waals surface area contributed by atoms with Crippen molar-refractivity contribution in [3.05, 3.63) is 50.7 Å². The second kappa shape index (κ2) is 5.81. The van der Waals surface area contributed by atoms with Gasteiger partial charge in [0.1, 0.15) is 10.8 Å². The van der Waals surface area contributed by atoms with Crippen molar-refractivity contribution in [2.45, 2.75) is 0 Å². The van der Waals surface area contributed by atoms with Crippen LogP contribution in [0.15, 0.2) is 36.5 Å². The lowest BCUT2D eigenvalue weighted by molar-refractivity contribution is 1.29. The second-order valence-electron chi connectivity index (χ2n) is 3.51. The van der Waals surface area contributed by atoms with E-state index in [2.05, 4.69) is 32.9 Å². The number of thiocarbonyl (C=S) groups is 1. The highest BCUT2D eigenvalue weighted by Crippen LogP contribution is 2.26. The Morgan fingerprint density at radius 2 is 2.17 bits per heavy atom. The smallest absolute Gasteiger partial charge is 0.140 e. The van der Waals surface area contributed by atoms with E-state index < -0.39 is 0 Å². The van der Waals surface area contributed by atoms with Gasteiger partial charge in [-0.2, -0.15) is 0 Å². The van der Waals surface area contributed by atoms with Crippen LogP contribution in [0.3, 0.4) is 0 Å². The molecule has 3 nitrogen and oxygen atoms in total. The summed E-state index contributed by atoms with van der Waals surface area (Å²) in [5.41, 5.74) is 7.29. The summed E-state index contributed by atoms with van der Waals surface area (Å²) in [6.07, 6.45) is 1.69. The van der Waals surface area contributed by atoms with Gasteiger partial charge in [-0.05, 0) is 52.9 Å². The van der Waals surface area contributed by atoms with Gasteiger partial charge < -0.3 is 11.1 Å². The van der Waals surface area contributed by atoms with Crippen LogP contribution in [0.1, 0.15) is 5.56 Å². The number of pyridine rings is 1. The van der Waals surface area contributed by atoms with Crippen molar-refractivity contribution < 1.29 is 0 Å². The Hall–Kier alpha value is -0.920. The molecule has 0 amide bonds. The van der Waals surface area contributed by atoms with Crippen LogP contribution in [0, 0.1) is 3.57 Å². The summed E-state index contributed by atoms with van der Waals surface area (Å²) in [4.78, 5) is 4.56. The Kier molecular flexibility index (Phi) is 4.36. The van der Waals surface area contributed by atoms with E-state index in [1.54, 1.807) is 12.3 Å². The number of anilines is 2. The lowest BCUT2D eigenvalue weighted by atomic mass is 10.2. The number of nitrogens with two attached hydrogens (primary N) is 1. The first-order valence-electron chi connectivity index (χ1n) is 5.05. The molecule has 2 aromatic rings. The number of benzene rings is 1. The molecule has 92 valence electrons. The van der Waals surface area contributed by atoms with Gasteiger partial charge in [-0.3, -0.25) is 0 Å². The molecule has 0 bridgehead atoms. The van der Waals surface area contributed by atoms with E-state index in [1.807, 2.05) is 24.3 Å². The molecule has 0 spiro atoms. The fourth-order valence-corrected chi connectivity index (χ4v) is 2.59. The van der Waals surface area contributed by atoms with Crippen molar-refractivity contribution in [3.8, 4) is 0 Å². The van der Waals surface area contributed by atoms with Gasteiger partial charge in [-0.15, -0.1) is 0 Å². The molecular formula is C12H9ClIN3S. The average Bonchev–Trinajstić information content (AvgIpc) is 2.33. The number of hydrogen-bond donors (Lipinski definition) is 2. The quantitative estimate of drug-likeness (QED) is 0.620. The maximum atomic E-state index is 5.91. The molecule has 0 unspecified atom stereocenters. The van der Waals surface area contributed by atoms with E-state index in [1.165, 1.54) is 0 Å². The van der Waals surface area contributed by atoms with Gasteiger partial charge in [-0.25, -0.2) is 4.98 Å². The van der Waals surface area contributed by atoms with E-state index in [0.717, 1.165) is 14.8 Å². The summed E-state index contributed by atoms with van der Waals surface area (Å²) in [6, 6.07) is 9.21. The van der Waals surface area contributed by atoms with Crippen molar-refractivity contribution in [3.63, 3.8) is 0 Å². The normalized spacial score (nSPS) is 10.1. The summed E-state index contributed by atoms with van der Waals surface area (Å²) in [7, 11) is 0. The van der Waals surface area contributed by atoms with Crippen LogP contribution in [0.2, 0.25) is 5.02 Å². The minimum absolute atomic E-state index is 0.314. The van der Waals surface area contributed by atoms with E-state index in [0.29, 0.717) is 15.8 Å². The molecule has 0 radical (unpaired) electrons. The second-order valence-corrected chi connectivity index (χ2v) is 5.55.